The van der Waals surface area contributed by atoms with Crippen LogP contribution in [0.5, 0.6) is 0 Å². The van der Waals surface area contributed by atoms with Gasteiger partial charge in [0.15, 0.2) is 0 Å². The van der Waals surface area contributed by atoms with Crippen molar-refractivity contribution in [3.63, 3.8) is 0 Å². The summed E-state index contributed by atoms with van der Waals surface area (Å²) in [6.07, 6.45) is 5.38. The molecule has 0 saturated heterocycles. The van der Waals surface area contributed by atoms with Gasteiger partial charge in [-0.15, -0.1) is 11.6 Å². The maximum absolute atomic E-state index is 6.20. The molecule has 1 unspecified atom stereocenters. The first kappa shape index (κ1) is 11.5. The molecule has 1 aliphatic rings. The number of allylic oxidation sites excluding steroid dienone is 2. The van der Waals surface area contributed by atoms with Crippen LogP contribution in [0.3, 0.4) is 0 Å². The highest BCUT2D eigenvalue weighted by Crippen LogP contribution is 2.37. The second kappa shape index (κ2) is 4.90. The minimum absolute atomic E-state index is 0.150. The molecule has 3 heteroatoms. The highest BCUT2D eigenvalue weighted by molar-refractivity contribution is 9.10. The van der Waals surface area contributed by atoms with Crippen molar-refractivity contribution < 1.29 is 0 Å². The van der Waals surface area contributed by atoms with E-state index in [1.807, 2.05) is 18.2 Å². The van der Waals surface area contributed by atoms with E-state index in [0.717, 1.165) is 34.3 Å². The van der Waals surface area contributed by atoms with Crippen molar-refractivity contribution in [3.05, 3.63) is 39.3 Å². The summed E-state index contributed by atoms with van der Waals surface area (Å²) >= 11 is 15.9. The first-order chi connectivity index (χ1) is 7.18. The molecule has 0 bridgehead atoms. The smallest absolute Gasteiger partial charge is 0.0522 e. The van der Waals surface area contributed by atoms with Crippen molar-refractivity contribution in [1.29, 1.82) is 0 Å². The largest absolute Gasteiger partial charge is 0.118 e. The van der Waals surface area contributed by atoms with Gasteiger partial charge in [-0.1, -0.05) is 39.7 Å². The second-order valence-electron chi connectivity index (χ2n) is 3.70. The van der Waals surface area contributed by atoms with E-state index >= 15 is 0 Å². The number of halogens is 3. The minimum Gasteiger partial charge on any atom is -0.118 e. The van der Waals surface area contributed by atoms with E-state index in [2.05, 4.69) is 22.0 Å². The van der Waals surface area contributed by atoms with Crippen LogP contribution in [0.2, 0.25) is 5.02 Å². The molecule has 1 aliphatic carbocycles. The van der Waals surface area contributed by atoms with E-state index in [-0.39, 0.29) is 5.38 Å². The molecule has 0 amide bonds. The number of rotatable bonds is 1. The van der Waals surface area contributed by atoms with E-state index in [9.17, 15) is 0 Å². The molecule has 0 N–H and O–H groups in total. The van der Waals surface area contributed by atoms with Gasteiger partial charge in [0.25, 0.3) is 0 Å². The van der Waals surface area contributed by atoms with Crippen molar-refractivity contribution in [2.24, 2.45) is 0 Å². The Labute approximate surface area is 108 Å². The quantitative estimate of drug-likeness (QED) is 0.619. The average Bonchev–Trinajstić information content (AvgIpc) is 2.17. The molecule has 1 aromatic rings. The van der Waals surface area contributed by atoms with Crippen LogP contribution in [-0.4, -0.2) is 5.38 Å². The number of hydrogen-bond acceptors (Lipinski definition) is 0. The van der Waals surface area contributed by atoms with Gasteiger partial charge in [0.05, 0.1) is 5.38 Å². The van der Waals surface area contributed by atoms with Crippen LogP contribution >= 0.6 is 39.1 Å². The number of alkyl halides is 1. The lowest BCUT2D eigenvalue weighted by atomic mass is 9.93. The van der Waals surface area contributed by atoms with E-state index < -0.39 is 0 Å². The fourth-order valence-electron chi connectivity index (χ4n) is 1.89. The van der Waals surface area contributed by atoms with Crippen molar-refractivity contribution >= 4 is 44.7 Å². The van der Waals surface area contributed by atoms with E-state index in [1.54, 1.807) is 0 Å². The molecule has 0 aromatic heterocycles. The Kier molecular flexibility index (Phi) is 3.76. The van der Waals surface area contributed by atoms with Gasteiger partial charge in [-0.05, 0) is 37.0 Å². The van der Waals surface area contributed by atoms with Crippen molar-refractivity contribution in [1.82, 2.24) is 0 Å². The van der Waals surface area contributed by atoms with E-state index in [4.69, 9.17) is 23.2 Å². The van der Waals surface area contributed by atoms with Gasteiger partial charge in [0, 0.05) is 15.1 Å². The summed E-state index contributed by atoms with van der Waals surface area (Å²) in [7, 11) is 0. The molecule has 2 rings (SSSR count). The van der Waals surface area contributed by atoms with Crippen molar-refractivity contribution in [2.45, 2.75) is 24.6 Å². The lowest BCUT2D eigenvalue weighted by Gasteiger charge is -2.18. The van der Waals surface area contributed by atoms with Gasteiger partial charge in [-0.3, -0.25) is 0 Å². The topological polar surface area (TPSA) is 0 Å². The van der Waals surface area contributed by atoms with Crippen LogP contribution in [0.1, 0.15) is 24.8 Å². The second-order valence-corrected chi connectivity index (χ2v) is 5.52. The fourth-order valence-corrected chi connectivity index (χ4v) is 3.22. The summed E-state index contributed by atoms with van der Waals surface area (Å²) < 4.78 is 1.05. The molecule has 0 spiro atoms. The molecular weight excluding hydrogens is 295 g/mol. The van der Waals surface area contributed by atoms with Crippen LogP contribution in [0, 0.1) is 0 Å². The van der Waals surface area contributed by atoms with Crippen LogP contribution in [0.15, 0.2) is 28.7 Å². The normalized spacial score (nSPS) is 21.3. The van der Waals surface area contributed by atoms with Crippen LogP contribution in [0.25, 0.3) is 5.57 Å². The van der Waals surface area contributed by atoms with Crippen LogP contribution < -0.4 is 0 Å². The average molecular weight is 306 g/mol. The SMILES string of the molecule is Clc1cccc(Br)c1C1=CC(Cl)CCC1. The molecule has 0 radical (unpaired) electrons. The summed E-state index contributed by atoms with van der Waals surface area (Å²) in [5.41, 5.74) is 2.36. The van der Waals surface area contributed by atoms with Gasteiger partial charge < -0.3 is 0 Å². The van der Waals surface area contributed by atoms with Gasteiger partial charge in [-0.25, -0.2) is 0 Å². The molecule has 0 heterocycles. The Morgan fingerprint density at radius 3 is 2.80 bits per heavy atom. The molecule has 0 nitrogen and oxygen atoms in total. The molecule has 0 saturated carbocycles. The van der Waals surface area contributed by atoms with Gasteiger partial charge in [-0.2, -0.15) is 0 Å². The minimum atomic E-state index is 0.150. The third kappa shape index (κ3) is 2.58. The van der Waals surface area contributed by atoms with Crippen molar-refractivity contribution in [2.75, 3.05) is 0 Å². The summed E-state index contributed by atoms with van der Waals surface area (Å²) in [6.45, 7) is 0. The maximum Gasteiger partial charge on any atom is 0.0522 e. The molecule has 0 aliphatic heterocycles. The highest BCUT2D eigenvalue weighted by Gasteiger charge is 2.16. The lowest BCUT2D eigenvalue weighted by molar-refractivity contribution is 0.747. The molecular formula is C12H11BrCl2. The maximum atomic E-state index is 6.20. The van der Waals surface area contributed by atoms with Gasteiger partial charge in [0.1, 0.15) is 0 Å². The zero-order valence-electron chi connectivity index (χ0n) is 8.14. The molecule has 0 fully saturated rings. The Bertz CT molecular complexity index is 378. The van der Waals surface area contributed by atoms with Crippen LogP contribution in [-0.2, 0) is 0 Å². The summed E-state index contributed by atoms with van der Waals surface area (Å²) in [4.78, 5) is 0. The Morgan fingerprint density at radius 2 is 2.13 bits per heavy atom. The summed E-state index contributed by atoms with van der Waals surface area (Å²) in [5.74, 6) is 0. The zero-order valence-corrected chi connectivity index (χ0v) is 11.2. The third-order valence-corrected chi connectivity index (χ3v) is 3.91. The molecule has 15 heavy (non-hydrogen) atoms. The summed E-state index contributed by atoms with van der Waals surface area (Å²) in [6, 6.07) is 5.87. The standard InChI is InChI=1S/C12H11BrCl2/c13-10-5-2-6-11(15)12(10)8-3-1-4-9(14)7-8/h2,5-7,9H,1,3-4H2. The third-order valence-electron chi connectivity index (χ3n) is 2.59. The number of benzene rings is 1. The Hall–Kier alpha value is 0.0200. The Balaban J connectivity index is 2.45. The lowest BCUT2D eigenvalue weighted by Crippen LogP contribution is -2.03. The van der Waals surface area contributed by atoms with Gasteiger partial charge >= 0.3 is 0 Å². The predicted octanol–water partition coefficient (Wildman–Crippen LogP) is 5.28. The van der Waals surface area contributed by atoms with Crippen LogP contribution in [0.4, 0.5) is 0 Å². The first-order valence-corrected chi connectivity index (χ1v) is 6.58. The monoisotopic (exact) mass is 304 g/mol. The zero-order chi connectivity index (χ0) is 10.8. The Morgan fingerprint density at radius 1 is 1.33 bits per heavy atom. The van der Waals surface area contributed by atoms with Gasteiger partial charge in [0.2, 0.25) is 0 Å². The summed E-state index contributed by atoms with van der Waals surface area (Å²) in [5, 5.41) is 0.943. The molecule has 1 atom stereocenters. The predicted molar refractivity (Wildman–Crippen MR) is 70.6 cm³/mol. The van der Waals surface area contributed by atoms with Crippen molar-refractivity contribution in [3.8, 4) is 0 Å². The molecule has 80 valence electrons. The highest BCUT2D eigenvalue weighted by atomic mass is 79.9. The first-order valence-electron chi connectivity index (χ1n) is 4.97. The number of hydrogen-bond donors (Lipinski definition) is 0. The fraction of sp³-hybridized carbons (Fsp3) is 0.333. The molecule has 1 aromatic carbocycles. The van der Waals surface area contributed by atoms with E-state index in [1.165, 1.54) is 5.57 Å². The van der Waals surface area contributed by atoms with E-state index in [0.29, 0.717) is 0 Å².